The number of hydrogen-bond donors (Lipinski definition) is 1. The van der Waals surface area contributed by atoms with Crippen LogP contribution in [0.25, 0.3) is 0 Å². The summed E-state index contributed by atoms with van der Waals surface area (Å²) in [6, 6.07) is 26.9. The van der Waals surface area contributed by atoms with Gasteiger partial charge >= 0.3 is 11.9 Å². The van der Waals surface area contributed by atoms with Crippen LogP contribution in [-0.4, -0.2) is 28.2 Å². The zero-order valence-electron chi connectivity index (χ0n) is 27.3. The number of carbonyl (C=O) groups is 2. The van der Waals surface area contributed by atoms with E-state index in [-0.39, 0.29) is 22.8 Å². The van der Waals surface area contributed by atoms with Crippen molar-refractivity contribution in [2.75, 3.05) is 0 Å². The number of carbonyl (C=O) groups excluding carboxylic acids is 2. The molecule has 0 spiro atoms. The highest BCUT2D eigenvalue weighted by Crippen LogP contribution is 2.59. The zero-order valence-corrected chi connectivity index (χ0v) is 28.1. The fourth-order valence-electron chi connectivity index (χ4n) is 8.49. The first-order chi connectivity index (χ1) is 21.3. The summed E-state index contributed by atoms with van der Waals surface area (Å²) < 4.78 is 12.3. The second-order valence-corrected chi connectivity index (χ2v) is 17.1. The van der Waals surface area contributed by atoms with Gasteiger partial charge < -0.3 is 14.6 Å². The molecule has 0 aromatic heterocycles. The van der Waals surface area contributed by atoms with Gasteiger partial charge in [-0.25, -0.2) is 0 Å². The number of hydrogen-bond acceptors (Lipinski definition) is 5. The molecule has 4 aliphatic carbocycles. The third kappa shape index (κ3) is 6.59. The van der Waals surface area contributed by atoms with Crippen LogP contribution in [0.2, 0.25) is 0 Å². The van der Waals surface area contributed by atoms with Crippen molar-refractivity contribution in [1.29, 1.82) is 0 Å². The van der Waals surface area contributed by atoms with E-state index < -0.39 is 22.0 Å². The number of aryl methyl sites for hydroxylation is 1. The zero-order chi connectivity index (χ0) is 32.0. The number of benzene rings is 3. The third-order valence-corrected chi connectivity index (χ3v) is 12.7. The Morgan fingerprint density at radius 1 is 0.822 bits per heavy atom. The third-order valence-electron chi connectivity index (χ3n) is 10.4. The molecule has 6 heteroatoms. The van der Waals surface area contributed by atoms with Crippen LogP contribution in [-0.2, 0) is 25.2 Å². The predicted molar refractivity (Wildman–Crippen MR) is 177 cm³/mol. The number of rotatable bonds is 10. The minimum absolute atomic E-state index is 0.259. The van der Waals surface area contributed by atoms with Crippen LogP contribution in [0.3, 0.4) is 0 Å². The molecule has 4 unspecified atom stereocenters. The Labute approximate surface area is 271 Å². The smallest absolute Gasteiger partial charge is 0.316 e. The highest BCUT2D eigenvalue weighted by atomic mass is 32.2. The van der Waals surface area contributed by atoms with Crippen LogP contribution in [0.1, 0.15) is 84.6 Å². The molecule has 1 N–H and O–H groups in total. The van der Waals surface area contributed by atoms with Crippen molar-refractivity contribution in [1.82, 2.24) is 0 Å². The predicted octanol–water partition coefficient (Wildman–Crippen LogP) is 8.46. The van der Waals surface area contributed by atoms with Gasteiger partial charge in [-0.05, 0) is 133 Å². The summed E-state index contributed by atoms with van der Waals surface area (Å²) in [6.45, 7) is 9.68. The van der Waals surface area contributed by atoms with E-state index in [0.29, 0.717) is 36.8 Å². The monoisotopic (exact) mass is 627 g/mol. The Morgan fingerprint density at radius 3 is 1.93 bits per heavy atom. The quantitative estimate of drug-likeness (QED) is 0.139. The summed E-state index contributed by atoms with van der Waals surface area (Å²) in [5, 5.41) is 11.2. The molecule has 0 aliphatic heterocycles. The van der Waals surface area contributed by atoms with Crippen molar-refractivity contribution in [2.45, 2.75) is 112 Å². The Balaban J connectivity index is 1.14. The van der Waals surface area contributed by atoms with Gasteiger partial charge in [0.15, 0.2) is 14.7 Å². The molecule has 7 rings (SSSR count). The molecule has 0 radical (unpaired) electrons. The van der Waals surface area contributed by atoms with Crippen molar-refractivity contribution in [3.05, 3.63) is 84.4 Å². The van der Waals surface area contributed by atoms with Crippen molar-refractivity contribution in [3.8, 4) is 5.75 Å². The lowest BCUT2D eigenvalue weighted by Gasteiger charge is -2.59. The highest BCUT2D eigenvalue weighted by Gasteiger charge is 2.60. The fraction of sp³-hybridized carbons (Fsp3) is 0.487. The fourth-order valence-corrected chi connectivity index (χ4v) is 10.5. The Hall–Kier alpha value is -3.09. The second-order valence-electron chi connectivity index (χ2n) is 15.0. The molecule has 3 aromatic carbocycles. The topological polar surface area (TPSA) is 72.8 Å². The maximum atomic E-state index is 13.8. The molecular weight excluding hydrogens is 580 g/mol. The van der Waals surface area contributed by atoms with Gasteiger partial charge in [-0.2, -0.15) is 0 Å². The first-order valence-electron chi connectivity index (χ1n) is 16.5. The van der Waals surface area contributed by atoms with Crippen LogP contribution in [0.4, 0.5) is 0 Å². The van der Waals surface area contributed by atoms with Crippen LogP contribution in [0.15, 0.2) is 93.5 Å². The average Bonchev–Trinajstić information content (AvgIpc) is 2.98. The van der Waals surface area contributed by atoms with Gasteiger partial charge in [-0.1, -0.05) is 42.8 Å². The van der Waals surface area contributed by atoms with Gasteiger partial charge in [0.05, 0.1) is 27.3 Å². The van der Waals surface area contributed by atoms with Crippen LogP contribution >= 0.6 is 0 Å². The second kappa shape index (κ2) is 11.9. The first kappa shape index (κ1) is 31.9. The van der Waals surface area contributed by atoms with E-state index in [0.717, 1.165) is 37.0 Å². The van der Waals surface area contributed by atoms with Crippen molar-refractivity contribution < 1.29 is 24.2 Å². The minimum atomic E-state index is -0.918. The van der Waals surface area contributed by atoms with Crippen LogP contribution in [0.5, 0.6) is 5.75 Å². The van der Waals surface area contributed by atoms with E-state index in [2.05, 4.69) is 55.5 Å². The molecular formula is C39H47O5S+. The van der Waals surface area contributed by atoms with Crippen molar-refractivity contribution in [3.63, 3.8) is 0 Å². The lowest BCUT2D eigenvalue weighted by atomic mass is 9.52. The van der Waals surface area contributed by atoms with Gasteiger partial charge in [0.2, 0.25) is 0 Å². The summed E-state index contributed by atoms with van der Waals surface area (Å²) >= 11 is 0. The van der Waals surface area contributed by atoms with Crippen LogP contribution in [0, 0.1) is 29.6 Å². The molecule has 45 heavy (non-hydrogen) atoms. The largest absolute Gasteiger partial charge is 0.459 e. The maximum absolute atomic E-state index is 13.8. The van der Waals surface area contributed by atoms with Crippen LogP contribution < -0.4 is 4.74 Å². The van der Waals surface area contributed by atoms with Crippen molar-refractivity contribution >= 4 is 22.8 Å². The number of ether oxygens (including phenoxy) is 2. The van der Waals surface area contributed by atoms with E-state index in [1.165, 1.54) is 15.4 Å². The SMILES string of the molecule is CCC(C)(CC(C)(C)C(=O)Oc1ccc([S+](c2ccccc2)c2ccc(C)cc2)cc1)C(=O)OC12CC3CC(CC(O)(C3)C1)C2. The van der Waals surface area contributed by atoms with Gasteiger partial charge in [0.1, 0.15) is 11.4 Å². The molecule has 0 amide bonds. The molecule has 4 bridgehead atoms. The molecule has 4 aliphatic rings. The summed E-state index contributed by atoms with van der Waals surface area (Å²) in [6.07, 6.45) is 5.86. The molecule has 4 atom stereocenters. The average molecular weight is 628 g/mol. The first-order valence-corrected chi connectivity index (χ1v) is 17.7. The van der Waals surface area contributed by atoms with E-state index in [9.17, 15) is 14.7 Å². The van der Waals surface area contributed by atoms with E-state index in [1.807, 2.05) is 58.0 Å². The molecule has 238 valence electrons. The standard InChI is InChI=1S/C39H47O5S/c1-6-37(5,35(41)44-39-23-28-20-29(24-39)22-38(42,21-28)26-39)25-36(3,4)34(40)43-30-14-18-33(19-15-30)45(31-10-8-7-9-11-31)32-16-12-27(2)13-17-32/h7-19,28-29,42H,6,20-26H2,1-5H3/q+1. The lowest BCUT2D eigenvalue weighted by Crippen LogP contribution is -2.61. The Bertz CT molecular complexity index is 1520. The molecule has 4 saturated carbocycles. The maximum Gasteiger partial charge on any atom is 0.316 e. The van der Waals surface area contributed by atoms with Gasteiger partial charge in [-0.15, -0.1) is 0 Å². The molecule has 5 nitrogen and oxygen atoms in total. The molecule has 4 fully saturated rings. The Kier molecular flexibility index (Phi) is 8.45. The van der Waals surface area contributed by atoms with Gasteiger partial charge in [-0.3, -0.25) is 9.59 Å². The van der Waals surface area contributed by atoms with Crippen molar-refractivity contribution in [2.24, 2.45) is 22.7 Å². The highest BCUT2D eigenvalue weighted by molar-refractivity contribution is 7.97. The van der Waals surface area contributed by atoms with E-state index in [1.54, 1.807) is 0 Å². The van der Waals surface area contributed by atoms with E-state index in [4.69, 9.17) is 9.47 Å². The van der Waals surface area contributed by atoms with E-state index >= 15 is 0 Å². The Morgan fingerprint density at radius 2 is 1.38 bits per heavy atom. The molecule has 3 aromatic rings. The lowest BCUT2D eigenvalue weighted by molar-refractivity contribution is -0.226. The number of aliphatic hydroxyl groups is 1. The van der Waals surface area contributed by atoms with Gasteiger partial charge in [0.25, 0.3) is 0 Å². The summed E-state index contributed by atoms with van der Waals surface area (Å²) in [7, 11) is -0.297. The normalized spacial score (nSPS) is 27.4. The molecule has 0 saturated heterocycles. The summed E-state index contributed by atoms with van der Waals surface area (Å²) in [4.78, 5) is 31.0. The summed E-state index contributed by atoms with van der Waals surface area (Å²) in [5.74, 6) is 0.711. The number of esters is 2. The molecule has 0 heterocycles. The van der Waals surface area contributed by atoms with Gasteiger partial charge in [0, 0.05) is 6.42 Å². The summed E-state index contributed by atoms with van der Waals surface area (Å²) in [5.41, 5.74) is -1.82. The minimum Gasteiger partial charge on any atom is -0.459 e.